The van der Waals surface area contributed by atoms with Crippen molar-refractivity contribution >= 4 is 19.8 Å². The molecule has 0 spiro atoms. The molecule has 9 nitrogen and oxygen atoms in total. The number of allylic oxidation sites excluding steroid dienone is 10. The Hall–Kier alpha value is -2.29. The maximum atomic E-state index is 12.7. The van der Waals surface area contributed by atoms with E-state index in [2.05, 4.69) is 74.6 Å². The summed E-state index contributed by atoms with van der Waals surface area (Å²) in [6, 6.07) is 0. The number of nitrogens with two attached hydrogens (primary N) is 1. The summed E-state index contributed by atoms with van der Waals surface area (Å²) in [5.74, 6) is -0.828. The van der Waals surface area contributed by atoms with Crippen LogP contribution in [0.25, 0.3) is 0 Å². The van der Waals surface area contributed by atoms with Crippen molar-refractivity contribution < 1.29 is 37.6 Å². The van der Waals surface area contributed by atoms with Gasteiger partial charge in [0, 0.05) is 19.4 Å². The lowest BCUT2D eigenvalue weighted by atomic mass is 10.0. The van der Waals surface area contributed by atoms with Crippen LogP contribution in [0.4, 0.5) is 0 Å². The summed E-state index contributed by atoms with van der Waals surface area (Å²) in [7, 11) is -4.39. The van der Waals surface area contributed by atoms with E-state index in [4.69, 9.17) is 24.3 Å². The third kappa shape index (κ3) is 62.8. The second kappa shape index (κ2) is 62.9. The van der Waals surface area contributed by atoms with Gasteiger partial charge >= 0.3 is 19.8 Å². The van der Waals surface area contributed by atoms with Crippen LogP contribution in [0.1, 0.15) is 322 Å². The fourth-order valence-electron chi connectivity index (χ4n) is 9.57. The largest absolute Gasteiger partial charge is 0.472 e. The number of phosphoric ester groups is 1. The van der Waals surface area contributed by atoms with Crippen molar-refractivity contribution in [1.82, 2.24) is 0 Å². The number of hydrogen-bond acceptors (Lipinski definition) is 8. The van der Waals surface area contributed by atoms with Gasteiger partial charge in [-0.2, -0.15) is 0 Å². The average Bonchev–Trinajstić information content (AvgIpc) is 3.42. The standard InChI is InChI=1S/C67H124NO8P/c1-3-5-7-9-11-13-15-17-19-21-22-23-24-25-26-27-28-29-30-31-32-33-34-35-36-37-38-39-40-41-42-44-45-47-49-51-53-55-57-59-66(69)73-63-65(64-75-77(71,72)74-62-61-68)76-67(70)60-58-56-54-52-50-48-46-43-20-18-16-14-12-10-8-6-4-2/h6,8,12,14-15,17-18,20-22,65H,3-5,7,9-11,13,16,19,23-64,68H2,1-2H3,(H,71,72)/b8-6-,14-12-,17-15-,20-18-,22-21-. The Morgan fingerprint density at radius 3 is 1.06 bits per heavy atom. The fourth-order valence-corrected chi connectivity index (χ4v) is 10.3. The number of carbonyl (C=O) groups is 2. The van der Waals surface area contributed by atoms with Gasteiger partial charge in [0.2, 0.25) is 0 Å². The summed E-state index contributed by atoms with van der Waals surface area (Å²) in [4.78, 5) is 35.2. The normalized spacial score (nSPS) is 13.4. The Bertz CT molecular complexity index is 1440. The van der Waals surface area contributed by atoms with E-state index in [1.807, 2.05) is 0 Å². The number of phosphoric acid groups is 1. The van der Waals surface area contributed by atoms with Gasteiger partial charge in [-0.25, -0.2) is 4.57 Å². The number of carbonyl (C=O) groups excluding carboxylic acids is 2. The van der Waals surface area contributed by atoms with E-state index in [-0.39, 0.29) is 38.6 Å². The van der Waals surface area contributed by atoms with Crippen LogP contribution in [-0.4, -0.2) is 49.3 Å². The zero-order valence-corrected chi connectivity index (χ0v) is 51.3. The van der Waals surface area contributed by atoms with Crippen molar-refractivity contribution in [3.63, 3.8) is 0 Å². The molecule has 0 rings (SSSR count). The zero-order valence-electron chi connectivity index (χ0n) is 50.4. The molecule has 0 fully saturated rings. The van der Waals surface area contributed by atoms with Gasteiger partial charge in [-0.05, 0) is 77.0 Å². The molecule has 77 heavy (non-hydrogen) atoms. The van der Waals surface area contributed by atoms with Crippen LogP contribution in [-0.2, 0) is 32.7 Å². The third-order valence-corrected chi connectivity index (χ3v) is 15.4. The molecule has 0 saturated carbocycles. The van der Waals surface area contributed by atoms with Gasteiger partial charge in [0.1, 0.15) is 6.61 Å². The van der Waals surface area contributed by atoms with Crippen molar-refractivity contribution in [1.29, 1.82) is 0 Å². The van der Waals surface area contributed by atoms with Gasteiger partial charge < -0.3 is 20.1 Å². The van der Waals surface area contributed by atoms with Crippen LogP contribution in [0.2, 0.25) is 0 Å². The highest BCUT2D eigenvalue weighted by atomic mass is 31.2. The lowest BCUT2D eigenvalue weighted by Crippen LogP contribution is -2.29. The van der Waals surface area contributed by atoms with Crippen LogP contribution in [0.3, 0.4) is 0 Å². The minimum atomic E-state index is -4.39. The Kier molecular flexibility index (Phi) is 61.0. The minimum Gasteiger partial charge on any atom is -0.462 e. The highest BCUT2D eigenvalue weighted by Gasteiger charge is 2.26. The van der Waals surface area contributed by atoms with Gasteiger partial charge in [-0.1, -0.05) is 293 Å². The minimum absolute atomic E-state index is 0.0513. The highest BCUT2D eigenvalue weighted by Crippen LogP contribution is 2.43. The van der Waals surface area contributed by atoms with E-state index in [9.17, 15) is 19.0 Å². The summed E-state index contributed by atoms with van der Waals surface area (Å²) in [5.41, 5.74) is 5.38. The van der Waals surface area contributed by atoms with E-state index in [1.165, 1.54) is 218 Å². The van der Waals surface area contributed by atoms with E-state index >= 15 is 0 Å². The Morgan fingerprint density at radius 1 is 0.403 bits per heavy atom. The molecule has 0 aliphatic heterocycles. The molecule has 0 aromatic carbocycles. The number of esters is 2. The zero-order chi connectivity index (χ0) is 55.9. The van der Waals surface area contributed by atoms with Crippen LogP contribution in [0.5, 0.6) is 0 Å². The Labute approximate surface area is 476 Å². The molecule has 3 N–H and O–H groups in total. The summed E-state index contributed by atoms with van der Waals surface area (Å²) in [5, 5.41) is 0. The second-order valence-electron chi connectivity index (χ2n) is 22.0. The van der Waals surface area contributed by atoms with Gasteiger partial charge in [-0.15, -0.1) is 0 Å². The molecule has 0 bridgehead atoms. The predicted molar refractivity (Wildman–Crippen MR) is 330 cm³/mol. The fraction of sp³-hybridized carbons (Fsp3) is 0.821. The molecular formula is C67H124NO8P. The number of rotatable bonds is 62. The van der Waals surface area contributed by atoms with Crippen LogP contribution in [0.15, 0.2) is 60.8 Å². The van der Waals surface area contributed by atoms with E-state index < -0.39 is 26.5 Å². The first kappa shape index (κ1) is 74.7. The molecule has 0 saturated heterocycles. The van der Waals surface area contributed by atoms with Crippen molar-refractivity contribution in [2.45, 2.75) is 328 Å². The van der Waals surface area contributed by atoms with Crippen molar-refractivity contribution in [3.8, 4) is 0 Å². The van der Waals surface area contributed by atoms with E-state index in [0.717, 1.165) is 70.6 Å². The number of unbranched alkanes of at least 4 members (excludes halogenated alkanes) is 39. The SMILES string of the molecule is CC/C=C\C/C=C\C/C=C\CCCCCCCCCC(=O)OC(COC(=O)CCCCCCCCCCCCCCCCCCCCCCCCCCCCC/C=C\C/C=C\CCCCCCC)COP(=O)(O)OCCN. The Balaban J connectivity index is 3.75. The van der Waals surface area contributed by atoms with Crippen molar-refractivity contribution in [3.05, 3.63) is 60.8 Å². The number of ether oxygens (including phenoxy) is 2. The lowest BCUT2D eigenvalue weighted by molar-refractivity contribution is -0.161. The van der Waals surface area contributed by atoms with Gasteiger partial charge in [0.15, 0.2) is 6.10 Å². The van der Waals surface area contributed by atoms with Crippen LogP contribution >= 0.6 is 7.82 Å². The van der Waals surface area contributed by atoms with Crippen molar-refractivity contribution in [2.24, 2.45) is 5.73 Å². The van der Waals surface area contributed by atoms with Gasteiger partial charge in [-0.3, -0.25) is 18.6 Å². The first-order valence-corrected chi connectivity index (χ1v) is 34.3. The summed E-state index contributed by atoms with van der Waals surface area (Å²) in [6.45, 7) is 3.65. The molecule has 10 heteroatoms. The van der Waals surface area contributed by atoms with E-state index in [1.54, 1.807) is 0 Å². The second-order valence-corrected chi connectivity index (χ2v) is 23.4. The summed E-state index contributed by atoms with van der Waals surface area (Å²) in [6.07, 6.45) is 80.4. The average molecular weight is 1100 g/mol. The summed E-state index contributed by atoms with van der Waals surface area (Å²) < 4.78 is 33.0. The van der Waals surface area contributed by atoms with Crippen LogP contribution in [0, 0.1) is 0 Å². The molecule has 450 valence electrons. The maximum absolute atomic E-state index is 12.7. The molecule has 0 amide bonds. The van der Waals surface area contributed by atoms with Crippen molar-refractivity contribution in [2.75, 3.05) is 26.4 Å². The monoisotopic (exact) mass is 1100 g/mol. The smallest absolute Gasteiger partial charge is 0.462 e. The predicted octanol–water partition coefficient (Wildman–Crippen LogP) is 21.1. The number of hydrogen-bond donors (Lipinski definition) is 2. The lowest BCUT2D eigenvalue weighted by Gasteiger charge is -2.19. The molecule has 0 heterocycles. The van der Waals surface area contributed by atoms with Gasteiger partial charge in [0.25, 0.3) is 0 Å². The quantitative estimate of drug-likeness (QED) is 0.0264. The molecule has 0 aliphatic rings. The molecule has 0 aliphatic carbocycles. The molecular weight excluding hydrogens is 978 g/mol. The molecule has 0 aromatic heterocycles. The third-order valence-electron chi connectivity index (χ3n) is 14.4. The molecule has 0 radical (unpaired) electrons. The van der Waals surface area contributed by atoms with Crippen LogP contribution < -0.4 is 5.73 Å². The molecule has 2 atom stereocenters. The maximum Gasteiger partial charge on any atom is 0.472 e. The summed E-state index contributed by atoms with van der Waals surface area (Å²) >= 11 is 0. The molecule has 0 aromatic rings. The first-order chi connectivity index (χ1) is 37.8. The molecule has 2 unspecified atom stereocenters. The van der Waals surface area contributed by atoms with Gasteiger partial charge in [0.05, 0.1) is 13.2 Å². The highest BCUT2D eigenvalue weighted by molar-refractivity contribution is 7.47. The first-order valence-electron chi connectivity index (χ1n) is 32.8. The Morgan fingerprint density at radius 2 is 0.714 bits per heavy atom. The topological polar surface area (TPSA) is 134 Å². The van der Waals surface area contributed by atoms with E-state index in [0.29, 0.717) is 6.42 Å².